The first-order valence-electron chi connectivity index (χ1n) is 7.52. The predicted molar refractivity (Wildman–Crippen MR) is 99.4 cm³/mol. The molecule has 0 spiro atoms. The number of benzene rings is 2. The molecule has 0 bridgehead atoms. The summed E-state index contributed by atoms with van der Waals surface area (Å²) in [7, 11) is 3.26. The van der Waals surface area contributed by atoms with E-state index in [0.29, 0.717) is 11.5 Å². The van der Waals surface area contributed by atoms with E-state index in [1.165, 1.54) is 23.5 Å². The van der Waals surface area contributed by atoms with Crippen molar-refractivity contribution in [3.63, 3.8) is 0 Å². The molecule has 6 heteroatoms. The highest BCUT2D eigenvalue weighted by Crippen LogP contribution is 2.25. The van der Waals surface area contributed by atoms with Gasteiger partial charge in [0.05, 0.1) is 26.4 Å². The van der Waals surface area contributed by atoms with Crippen LogP contribution in [0.15, 0.2) is 58.3 Å². The Morgan fingerprint density at radius 2 is 1.04 bits per heavy atom. The van der Waals surface area contributed by atoms with Gasteiger partial charge >= 0.3 is 0 Å². The summed E-state index contributed by atoms with van der Waals surface area (Å²) in [6.45, 7) is 0. The molecule has 0 unspecified atom stereocenters. The van der Waals surface area contributed by atoms with Crippen LogP contribution in [-0.2, 0) is 0 Å². The van der Waals surface area contributed by atoms with Crippen molar-refractivity contribution in [1.29, 1.82) is 0 Å². The Bertz CT molecular complexity index is 546. The first kappa shape index (κ1) is 19.0. The highest BCUT2D eigenvalue weighted by molar-refractivity contribution is 7.99. The maximum absolute atomic E-state index is 10.1. The zero-order valence-electron chi connectivity index (χ0n) is 13.7. The van der Waals surface area contributed by atoms with Crippen molar-refractivity contribution in [3.8, 4) is 11.5 Å². The van der Waals surface area contributed by atoms with Crippen LogP contribution in [0.3, 0.4) is 0 Å². The average Bonchev–Trinajstić information content (AvgIpc) is 2.64. The molecule has 0 fully saturated rings. The number of ether oxygens (including phenoxy) is 2. The molecular weight excluding hydrogens is 344 g/mol. The van der Waals surface area contributed by atoms with E-state index in [0.717, 1.165) is 21.3 Å². The largest absolute Gasteiger partial charge is 0.497 e. The van der Waals surface area contributed by atoms with Crippen molar-refractivity contribution >= 4 is 23.5 Å². The number of aliphatic hydroxyl groups is 2. The van der Waals surface area contributed by atoms with Gasteiger partial charge in [0.25, 0.3) is 0 Å². The van der Waals surface area contributed by atoms with Crippen molar-refractivity contribution < 1.29 is 19.7 Å². The average molecular weight is 367 g/mol. The Balaban J connectivity index is 1.75. The SMILES string of the molecule is COc1ccc(SC[C@H](O)[C@@H](O)CSc2ccc(OC)cc2)cc1. The van der Waals surface area contributed by atoms with Gasteiger partial charge in [0.15, 0.2) is 0 Å². The van der Waals surface area contributed by atoms with Gasteiger partial charge in [-0.1, -0.05) is 0 Å². The molecular formula is C18H22O4S2. The normalized spacial score (nSPS) is 13.3. The van der Waals surface area contributed by atoms with E-state index in [2.05, 4.69) is 0 Å². The van der Waals surface area contributed by atoms with Gasteiger partial charge in [-0.15, -0.1) is 23.5 Å². The molecule has 0 saturated heterocycles. The molecule has 0 amide bonds. The smallest absolute Gasteiger partial charge is 0.118 e. The first-order valence-corrected chi connectivity index (χ1v) is 9.49. The third-order valence-corrected chi connectivity index (χ3v) is 5.63. The van der Waals surface area contributed by atoms with Gasteiger partial charge in [-0.25, -0.2) is 0 Å². The van der Waals surface area contributed by atoms with Crippen molar-refractivity contribution in [1.82, 2.24) is 0 Å². The van der Waals surface area contributed by atoms with E-state index in [4.69, 9.17) is 9.47 Å². The first-order chi connectivity index (χ1) is 11.6. The lowest BCUT2D eigenvalue weighted by molar-refractivity contribution is 0.0500. The zero-order valence-corrected chi connectivity index (χ0v) is 15.3. The predicted octanol–water partition coefficient (Wildman–Crippen LogP) is 3.31. The minimum Gasteiger partial charge on any atom is -0.497 e. The molecule has 2 aromatic rings. The van der Waals surface area contributed by atoms with Gasteiger partial charge in [-0.05, 0) is 48.5 Å². The quantitative estimate of drug-likeness (QED) is 0.664. The standard InChI is InChI=1S/C18H22O4S2/c1-21-13-3-7-15(8-4-13)23-11-17(19)18(20)12-24-16-9-5-14(22-2)6-10-16/h3-10,17-20H,11-12H2,1-2H3/t17-,18-/m0/s1. The van der Waals surface area contributed by atoms with E-state index >= 15 is 0 Å². The van der Waals surface area contributed by atoms with Crippen LogP contribution in [0.4, 0.5) is 0 Å². The minimum absolute atomic E-state index is 0.441. The van der Waals surface area contributed by atoms with Crippen LogP contribution in [-0.4, -0.2) is 48.1 Å². The van der Waals surface area contributed by atoms with Crippen LogP contribution in [0.2, 0.25) is 0 Å². The molecule has 0 aromatic heterocycles. The van der Waals surface area contributed by atoms with Crippen LogP contribution in [0, 0.1) is 0 Å². The fourth-order valence-electron chi connectivity index (χ4n) is 1.93. The molecule has 0 saturated carbocycles. The lowest BCUT2D eigenvalue weighted by Gasteiger charge is -2.17. The van der Waals surface area contributed by atoms with E-state index in [1.807, 2.05) is 48.5 Å². The van der Waals surface area contributed by atoms with E-state index in [-0.39, 0.29) is 0 Å². The molecule has 4 nitrogen and oxygen atoms in total. The van der Waals surface area contributed by atoms with Crippen LogP contribution >= 0.6 is 23.5 Å². The van der Waals surface area contributed by atoms with E-state index in [1.54, 1.807) is 14.2 Å². The monoisotopic (exact) mass is 366 g/mol. The number of rotatable bonds is 9. The maximum atomic E-state index is 10.1. The Morgan fingerprint density at radius 3 is 1.33 bits per heavy atom. The second-order valence-electron chi connectivity index (χ2n) is 5.11. The highest BCUT2D eigenvalue weighted by atomic mass is 32.2. The van der Waals surface area contributed by atoms with Crippen molar-refractivity contribution in [2.45, 2.75) is 22.0 Å². The molecule has 130 valence electrons. The summed E-state index contributed by atoms with van der Waals surface area (Å²) in [5.41, 5.74) is 0. The summed E-state index contributed by atoms with van der Waals surface area (Å²) in [6, 6.07) is 15.3. The van der Waals surface area contributed by atoms with Gasteiger partial charge in [0.2, 0.25) is 0 Å². The van der Waals surface area contributed by atoms with Crippen molar-refractivity contribution in [2.24, 2.45) is 0 Å². The van der Waals surface area contributed by atoms with Gasteiger partial charge in [-0.3, -0.25) is 0 Å². The summed E-state index contributed by atoms with van der Waals surface area (Å²) in [5.74, 6) is 2.49. The van der Waals surface area contributed by atoms with E-state index < -0.39 is 12.2 Å². The van der Waals surface area contributed by atoms with Crippen molar-refractivity contribution in [3.05, 3.63) is 48.5 Å². The zero-order chi connectivity index (χ0) is 17.4. The lowest BCUT2D eigenvalue weighted by atomic mass is 10.3. The molecule has 0 aliphatic carbocycles. The number of methoxy groups -OCH3 is 2. The second-order valence-corrected chi connectivity index (χ2v) is 7.29. The molecule has 0 aliphatic rings. The second kappa shape index (κ2) is 9.84. The summed E-state index contributed by atoms with van der Waals surface area (Å²) in [4.78, 5) is 2.06. The summed E-state index contributed by atoms with van der Waals surface area (Å²) < 4.78 is 10.2. The van der Waals surface area contributed by atoms with Gasteiger partial charge < -0.3 is 19.7 Å². The fourth-order valence-corrected chi connectivity index (χ4v) is 3.76. The molecule has 0 radical (unpaired) electrons. The Kier molecular flexibility index (Phi) is 7.78. The van der Waals surface area contributed by atoms with Crippen molar-refractivity contribution in [2.75, 3.05) is 25.7 Å². The van der Waals surface area contributed by atoms with Crippen LogP contribution in [0.25, 0.3) is 0 Å². The Morgan fingerprint density at radius 1 is 0.708 bits per heavy atom. The Hall–Kier alpha value is -1.34. The number of aliphatic hydroxyl groups excluding tert-OH is 2. The van der Waals surface area contributed by atoms with Gasteiger partial charge in [-0.2, -0.15) is 0 Å². The molecule has 2 N–H and O–H groups in total. The highest BCUT2D eigenvalue weighted by Gasteiger charge is 2.17. The molecule has 2 atom stereocenters. The van der Waals surface area contributed by atoms with E-state index in [9.17, 15) is 10.2 Å². The molecule has 2 aromatic carbocycles. The summed E-state index contributed by atoms with van der Waals surface area (Å²) in [5, 5.41) is 20.2. The lowest BCUT2D eigenvalue weighted by Crippen LogP contribution is -2.30. The van der Waals surface area contributed by atoms with Crippen LogP contribution in [0.1, 0.15) is 0 Å². The topological polar surface area (TPSA) is 58.9 Å². The Labute approximate surface area is 151 Å². The van der Waals surface area contributed by atoms with Gasteiger partial charge in [0, 0.05) is 21.3 Å². The maximum Gasteiger partial charge on any atom is 0.118 e. The minimum atomic E-state index is -0.775. The number of thioether (sulfide) groups is 2. The third-order valence-electron chi connectivity index (χ3n) is 3.40. The fraction of sp³-hybridized carbons (Fsp3) is 0.333. The number of hydrogen-bond acceptors (Lipinski definition) is 6. The molecule has 24 heavy (non-hydrogen) atoms. The molecule has 0 heterocycles. The molecule has 2 rings (SSSR count). The number of hydrogen-bond donors (Lipinski definition) is 2. The van der Waals surface area contributed by atoms with Crippen LogP contribution in [0.5, 0.6) is 11.5 Å². The third kappa shape index (κ3) is 5.94. The van der Waals surface area contributed by atoms with Gasteiger partial charge in [0.1, 0.15) is 11.5 Å². The molecule has 0 aliphatic heterocycles. The summed E-state index contributed by atoms with van der Waals surface area (Å²) >= 11 is 3.02. The summed E-state index contributed by atoms with van der Waals surface area (Å²) in [6.07, 6.45) is -1.55. The van der Waals surface area contributed by atoms with Crippen LogP contribution < -0.4 is 9.47 Å².